The quantitative estimate of drug-likeness (QED) is 0.805. The lowest BCUT2D eigenvalue weighted by molar-refractivity contribution is 0.529. The van der Waals surface area contributed by atoms with Crippen molar-refractivity contribution >= 4 is 23.0 Å². The lowest BCUT2D eigenvalue weighted by Gasteiger charge is -2.27. The van der Waals surface area contributed by atoms with E-state index in [1.807, 2.05) is 12.1 Å². The first-order chi connectivity index (χ1) is 10.2. The van der Waals surface area contributed by atoms with Crippen molar-refractivity contribution in [1.29, 1.82) is 0 Å². The van der Waals surface area contributed by atoms with Crippen LogP contribution in [-0.4, -0.2) is 5.11 Å². The van der Waals surface area contributed by atoms with Crippen LogP contribution in [0.1, 0.15) is 35.6 Å². The van der Waals surface area contributed by atoms with Crippen molar-refractivity contribution in [3.63, 3.8) is 0 Å². The second kappa shape index (κ2) is 6.27. The number of hydrogen-bond acceptors (Lipinski definition) is 1. The predicted molar refractivity (Wildman–Crippen MR) is 92.7 cm³/mol. The van der Waals surface area contributed by atoms with Gasteiger partial charge in [-0.25, -0.2) is 0 Å². The van der Waals surface area contributed by atoms with Gasteiger partial charge in [0.15, 0.2) is 5.11 Å². The van der Waals surface area contributed by atoms with Crippen LogP contribution in [0.25, 0.3) is 0 Å². The van der Waals surface area contributed by atoms with E-state index >= 15 is 0 Å². The van der Waals surface area contributed by atoms with E-state index in [-0.39, 0.29) is 0 Å². The molecule has 108 valence electrons. The van der Waals surface area contributed by atoms with Gasteiger partial charge < -0.3 is 10.6 Å². The van der Waals surface area contributed by atoms with E-state index in [1.165, 1.54) is 29.5 Å². The van der Waals surface area contributed by atoms with Crippen molar-refractivity contribution in [1.82, 2.24) is 5.32 Å². The minimum atomic E-state index is 0.319. The molecule has 2 aromatic carbocycles. The Balaban J connectivity index is 1.68. The third kappa shape index (κ3) is 3.42. The Morgan fingerprint density at radius 3 is 2.86 bits per heavy atom. The Morgan fingerprint density at radius 2 is 2.00 bits per heavy atom. The maximum Gasteiger partial charge on any atom is 0.171 e. The highest BCUT2D eigenvalue weighted by Crippen LogP contribution is 2.29. The Hall–Kier alpha value is -1.87. The fourth-order valence-electron chi connectivity index (χ4n) is 2.95. The average molecular weight is 296 g/mol. The first-order valence-electron chi connectivity index (χ1n) is 7.44. The van der Waals surface area contributed by atoms with Gasteiger partial charge in [0.05, 0.1) is 6.04 Å². The molecule has 3 heteroatoms. The summed E-state index contributed by atoms with van der Waals surface area (Å²) in [6.45, 7) is 2.08. The molecular formula is C18H20N2S. The molecule has 0 spiro atoms. The Morgan fingerprint density at radius 1 is 1.14 bits per heavy atom. The maximum atomic E-state index is 5.47. The van der Waals surface area contributed by atoms with Gasteiger partial charge in [-0.05, 0) is 67.2 Å². The van der Waals surface area contributed by atoms with Gasteiger partial charge in [0.2, 0.25) is 0 Å². The molecule has 0 radical (unpaired) electrons. The second-order valence-electron chi connectivity index (χ2n) is 5.61. The summed E-state index contributed by atoms with van der Waals surface area (Å²) in [6, 6.07) is 17.2. The van der Waals surface area contributed by atoms with Gasteiger partial charge >= 0.3 is 0 Å². The summed E-state index contributed by atoms with van der Waals surface area (Å²) < 4.78 is 0. The summed E-state index contributed by atoms with van der Waals surface area (Å²) in [5.74, 6) is 0. The summed E-state index contributed by atoms with van der Waals surface area (Å²) in [6.07, 6.45) is 3.51. The van der Waals surface area contributed by atoms with E-state index < -0.39 is 0 Å². The number of anilines is 1. The van der Waals surface area contributed by atoms with Crippen LogP contribution in [-0.2, 0) is 6.42 Å². The molecule has 21 heavy (non-hydrogen) atoms. The lowest BCUT2D eigenvalue weighted by atomic mass is 9.88. The zero-order valence-electron chi connectivity index (χ0n) is 12.2. The number of aryl methyl sites for hydroxylation is 2. The monoisotopic (exact) mass is 296 g/mol. The smallest absolute Gasteiger partial charge is 0.171 e. The van der Waals surface area contributed by atoms with Gasteiger partial charge in [-0.2, -0.15) is 0 Å². The SMILES string of the molecule is Cc1cccc(NC(=S)N[C@@H]2CCCc3ccccc32)c1. The third-order valence-electron chi connectivity index (χ3n) is 3.95. The molecule has 0 heterocycles. The molecular weight excluding hydrogens is 276 g/mol. The number of benzene rings is 2. The molecule has 0 bridgehead atoms. The summed E-state index contributed by atoms with van der Waals surface area (Å²) >= 11 is 5.47. The maximum absolute atomic E-state index is 5.47. The molecule has 0 saturated heterocycles. The molecule has 2 nitrogen and oxygen atoms in total. The fraction of sp³-hybridized carbons (Fsp3) is 0.278. The molecule has 1 aliphatic carbocycles. The summed E-state index contributed by atoms with van der Waals surface area (Å²) in [4.78, 5) is 0. The minimum absolute atomic E-state index is 0.319. The van der Waals surface area contributed by atoms with Crippen molar-refractivity contribution in [2.24, 2.45) is 0 Å². The van der Waals surface area contributed by atoms with Crippen molar-refractivity contribution in [3.05, 3.63) is 65.2 Å². The Bertz CT molecular complexity index is 651. The van der Waals surface area contributed by atoms with Crippen LogP contribution in [0, 0.1) is 6.92 Å². The summed E-state index contributed by atoms with van der Waals surface area (Å²) in [5, 5.41) is 7.44. The average Bonchev–Trinajstić information content (AvgIpc) is 2.47. The van der Waals surface area contributed by atoms with Crippen LogP contribution in [0.2, 0.25) is 0 Å². The molecule has 2 N–H and O–H groups in total. The number of hydrogen-bond donors (Lipinski definition) is 2. The van der Waals surface area contributed by atoms with Gasteiger partial charge in [0.1, 0.15) is 0 Å². The highest BCUT2D eigenvalue weighted by atomic mass is 32.1. The van der Waals surface area contributed by atoms with E-state index in [4.69, 9.17) is 12.2 Å². The highest BCUT2D eigenvalue weighted by Gasteiger charge is 2.20. The normalized spacial score (nSPS) is 16.9. The summed E-state index contributed by atoms with van der Waals surface area (Å²) in [5.41, 5.74) is 5.10. The van der Waals surface area contributed by atoms with Crippen LogP contribution < -0.4 is 10.6 Å². The first-order valence-corrected chi connectivity index (χ1v) is 7.85. The van der Waals surface area contributed by atoms with Gasteiger partial charge in [0, 0.05) is 5.69 Å². The van der Waals surface area contributed by atoms with Crippen LogP contribution in [0.3, 0.4) is 0 Å². The number of thiocarbonyl (C=S) groups is 1. The molecule has 3 rings (SSSR count). The first kappa shape index (κ1) is 14.1. The second-order valence-corrected chi connectivity index (χ2v) is 6.02. The van der Waals surface area contributed by atoms with E-state index in [9.17, 15) is 0 Å². The number of fused-ring (bicyclic) bond motifs is 1. The van der Waals surface area contributed by atoms with Crippen molar-refractivity contribution in [2.45, 2.75) is 32.2 Å². The number of rotatable bonds is 2. The van der Waals surface area contributed by atoms with Gasteiger partial charge in [0.25, 0.3) is 0 Å². The molecule has 1 aliphatic rings. The van der Waals surface area contributed by atoms with Gasteiger partial charge in [-0.3, -0.25) is 0 Å². The molecule has 0 saturated carbocycles. The van der Waals surface area contributed by atoms with Crippen LogP contribution in [0.5, 0.6) is 0 Å². The summed E-state index contributed by atoms with van der Waals surface area (Å²) in [7, 11) is 0. The zero-order chi connectivity index (χ0) is 14.7. The fourth-order valence-corrected chi connectivity index (χ4v) is 3.21. The Labute approximate surface area is 131 Å². The molecule has 0 unspecified atom stereocenters. The van der Waals surface area contributed by atoms with Crippen molar-refractivity contribution in [2.75, 3.05) is 5.32 Å². The van der Waals surface area contributed by atoms with Crippen LogP contribution in [0.15, 0.2) is 48.5 Å². The highest BCUT2D eigenvalue weighted by molar-refractivity contribution is 7.80. The zero-order valence-corrected chi connectivity index (χ0v) is 13.0. The molecule has 1 atom stereocenters. The van der Waals surface area contributed by atoms with Crippen LogP contribution >= 0.6 is 12.2 Å². The molecule has 0 fully saturated rings. The van der Waals surface area contributed by atoms with Gasteiger partial charge in [-0.15, -0.1) is 0 Å². The molecule has 0 aliphatic heterocycles. The van der Waals surface area contributed by atoms with Crippen molar-refractivity contribution in [3.8, 4) is 0 Å². The van der Waals surface area contributed by atoms with E-state index in [2.05, 4.69) is 54.0 Å². The number of nitrogens with one attached hydrogen (secondary N) is 2. The van der Waals surface area contributed by atoms with E-state index in [0.717, 1.165) is 12.1 Å². The standard InChI is InChI=1S/C18H20N2S/c1-13-6-4-9-15(12-13)19-18(21)20-17-11-5-8-14-7-2-3-10-16(14)17/h2-4,6-7,9-10,12,17H,5,8,11H2,1H3,(H2,19,20,21)/t17-/m1/s1. The van der Waals surface area contributed by atoms with Crippen molar-refractivity contribution < 1.29 is 0 Å². The lowest BCUT2D eigenvalue weighted by Crippen LogP contribution is -2.34. The Kier molecular flexibility index (Phi) is 4.20. The largest absolute Gasteiger partial charge is 0.356 e. The van der Waals surface area contributed by atoms with Gasteiger partial charge in [-0.1, -0.05) is 36.4 Å². The van der Waals surface area contributed by atoms with E-state index in [0.29, 0.717) is 11.2 Å². The molecule has 2 aromatic rings. The molecule has 0 amide bonds. The van der Waals surface area contributed by atoms with Crippen LogP contribution in [0.4, 0.5) is 5.69 Å². The topological polar surface area (TPSA) is 24.1 Å². The third-order valence-corrected chi connectivity index (χ3v) is 4.17. The van der Waals surface area contributed by atoms with E-state index in [1.54, 1.807) is 0 Å². The minimum Gasteiger partial charge on any atom is -0.356 e. The molecule has 0 aromatic heterocycles. The predicted octanol–water partition coefficient (Wildman–Crippen LogP) is 4.36.